The SMILES string of the molecule is C[C@H]1CNCCN1S(=O)(=O)c1ccc(F)cc1F. The van der Waals surface area contributed by atoms with Crippen molar-refractivity contribution in [1.29, 1.82) is 0 Å². The number of hydrogen-bond acceptors (Lipinski definition) is 3. The van der Waals surface area contributed by atoms with E-state index in [9.17, 15) is 17.2 Å². The van der Waals surface area contributed by atoms with E-state index >= 15 is 0 Å². The predicted octanol–water partition coefficient (Wildman–Crippen LogP) is 0.947. The number of sulfonamides is 1. The molecular formula is C11H14F2N2O2S. The molecule has 0 unspecified atom stereocenters. The molecule has 1 aliphatic rings. The van der Waals surface area contributed by atoms with E-state index in [1.54, 1.807) is 6.92 Å². The van der Waals surface area contributed by atoms with Crippen molar-refractivity contribution in [3.05, 3.63) is 29.8 Å². The second kappa shape index (κ2) is 4.91. The minimum atomic E-state index is -3.91. The fourth-order valence-corrected chi connectivity index (χ4v) is 3.67. The molecule has 0 spiro atoms. The summed E-state index contributed by atoms with van der Waals surface area (Å²) in [5, 5.41) is 3.05. The molecule has 0 amide bonds. The first-order valence-electron chi connectivity index (χ1n) is 5.60. The van der Waals surface area contributed by atoms with Gasteiger partial charge in [-0.15, -0.1) is 0 Å². The van der Waals surface area contributed by atoms with Crippen LogP contribution in [0.5, 0.6) is 0 Å². The van der Waals surface area contributed by atoms with Crippen LogP contribution in [0.1, 0.15) is 6.92 Å². The summed E-state index contributed by atoms with van der Waals surface area (Å²) >= 11 is 0. The third kappa shape index (κ3) is 2.38. The molecule has 0 saturated carbocycles. The van der Waals surface area contributed by atoms with E-state index in [4.69, 9.17) is 0 Å². The van der Waals surface area contributed by atoms with Crippen molar-refractivity contribution in [2.75, 3.05) is 19.6 Å². The van der Waals surface area contributed by atoms with E-state index in [1.165, 1.54) is 4.31 Å². The first kappa shape index (κ1) is 13.4. The number of nitrogens with one attached hydrogen (secondary N) is 1. The lowest BCUT2D eigenvalue weighted by Gasteiger charge is -2.32. The van der Waals surface area contributed by atoms with Gasteiger partial charge < -0.3 is 5.32 Å². The largest absolute Gasteiger partial charge is 0.314 e. The summed E-state index contributed by atoms with van der Waals surface area (Å²) in [6.45, 7) is 3.06. The Kier molecular flexibility index (Phi) is 3.65. The van der Waals surface area contributed by atoms with Crippen molar-refractivity contribution in [1.82, 2.24) is 9.62 Å². The Hall–Kier alpha value is -1.05. The van der Waals surface area contributed by atoms with Gasteiger partial charge in [-0.2, -0.15) is 4.31 Å². The monoisotopic (exact) mass is 276 g/mol. The molecule has 1 aromatic rings. The number of nitrogens with zero attached hydrogens (tertiary/aromatic N) is 1. The zero-order chi connectivity index (χ0) is 13.3. The van der Waals surface area contributed by atoms with Gasteiger partial charge >= 0.3 is 0 Å². The van der Waals surface area contributed by atoms with Gasteiger partial charge in [0.15, 0.2) is 0 Å². The quantitative estimate of drug-likeness (QED) is 0.875. The Morgan fingerprint density at radius 3 is 2.72 bits per heavy atom. The standard InChI is InChI=1S/C11H14F2N2O2S/c1-8-7-14-4-5-15(8)18(16,17)11-3-2-9(12)6-10(11)13/h2-3,6,8,14H,4-5,7H2,1H3/t8-/m0/s1. The molecule has 0 bridgehead atoms. The molecule has 100 valence electrons. The second-order valence-electron chi connectivity index (χ2n) is 4.24. The maximum atomic E-state index is 13.6. The van der Waals surface area contributed by atoms with Crippen molar-refractivity contribution in [3.8, 4) is 0 Å². The molecule has 0 radical (unpaired) electrons. The summed E-state index contributed by atoms with van der Waals surface area (Å²) < 4.78 is 52.1. The summed E-state index contributed by atoms with van der Waals surface area (Å²) in [5.74, 6) is -1.85. The zero-order valence-electron chi connectivity index (χ0n) is 9.86. The van der Waals surface area contributed by atoms with Crippen molar-refractivity contribution in [3.63, 3.8) is 0 Å². The Morgan fingerprint density at radius 1 is 1.39 bits per heavy atom. The minimum absolute atomic E-state index is 0.256. The normalized spacial score (nSPS) is 22.1. The molecule has 18 heavy (non-hydrogen) atoms. The lowest BCUT2D eigenvalue weighted by Crippen LogP contribution is -2.52. The topological polar surface area (TPSA) is 49.4 Å². The molecular weight excluding hydrogens is 262 g/mol. The molecule has 7 heteroatoms. The molecule has 1 aromatic carbocycles. The summed E-state index contributed by atoms with van der Waals surface area (Å²) in [4.78, 5) is -0.474. The second-order valence-corrected chi connectivity index (χ2v) is 6.10. The lowest BCUT2D eigenvalue weighted by molar-refractivity contribution is 0.283. The number of piperazine rings is 1. The van der Waals surface area contributed by atoms with E-state index in [0.717, 1.165) is 12.1 Å². The molecule has 1 N–H and O–H groups in total. The first-order valence-corrected chi connectivity index (χ1v) is 7.04. The van der Waals surface area contributed by atoms with Crippen LogP contribution in [0.2, 0.25) is 0 Å². The molecule has 1 fully saturated rings. The number of hydrogen-bond donors (Lipinski definition) is 1. The van der Waals surface area contributed by atoms with Crippen LogP contribution in [0.15, 0.2) is 23.1 Å². The summed E-state index contributed by atoms with van der Waals surface area (Å²) in [6.07, 6.45) is 0. The van der Waals surface area contributed by atoms with E-state index in [2.05, 4.69) is 5.32 Å². The van der Waals surface area contributed by atoms with E-state index in [0.29, 0.717) is 19.2 Å². The smallest absolute Gasteiger partial charge is 0.246 e. The highest BCUT2D eigenvalue weighted by atomic mass is 32.2. The van der Waals surface area contributed by atoms with Crippen LogP contribution >= 0.6 is 0 Å². The van der Waals surface area contributed by atoms with Crippen molar-refractivity contribution < 1.29 is 17.2 Å². The van der Waals surface area contributed by atoms with Gasteiger partial charge in [0.2, 0.25) is 10.0 Å². The molecule has 1 atom stereocenters. The zero-order valence-corrected chi connectivity index (χ0v) is 10.7. The average molecular weight is 276 g/mol. The maximum absolute atomic E-state index is 13.6. The van der Waals surface area contributed by atoms with Gasteiger partial charge in [-0.3, -0.25) is 0 Å². The Morgan fingerprint density at radius 2 is 2.11 bits per heavy atom. The Labute approximate surface area is 105 Å². The highest BCUT2D eigenvalue weighted by Gasteiger charge is 2.32. The molecule has 1 saturated heterocycles. The van der Waals surface area contributed by atoms with Gasteiger partial charge in [0.05, 0.1) is 0 Å². The molecule has 1 aliphatic heterocycles. The molecule has 4 nitrogen and oxygen atoms in total. The van der Waals surface area contributed by atoms with E-state index in [1.807, 2.05) is 0 Å². The third-order valence-electron chi connectivity index (χ3n) is 2.92. The van der Waals surface area contributed by atoms with Crippen molar-refractivity contribution in [2.24, 2.45) is 0 Å². The van der Waals surface area contributed by atoms with Crippen LogP contribution in [0.4, 0.5) is 8.78 Å². The van der Waals surface area contributed by atoms with Gasteiger partial charge in [-0.1, -0.05) is 0 Å². The van der Waals surface area contributed by atoms with Crippen molar-refractivity contribution >= 4 is 10.0 Å². The van der Waals surface area contributed by atoms with Crippen LogP contribution in [0.3, 0.4) is 0 Å². The molecule has 2 rings (SSSR count). The fraction of sp³-hybridized carbons (Fsp3) is 0.455. The summed E-state index contributed by atoms with van der Waals surface area (Å²) in [5.41, 5.74) is 0. The molecule has 0 aliphatic carbocycles. The van der Waals surface area contributed by atoms with Gasteiger partial charge in [0.1, 0.15) is 16.5 Å². The number of benzene rings is 1. The van der Waals surface area contributed by atoms with Crippen LogP contribution in [0, 0.1) is 11.6 Å². The Bertz CT molecular complexity index is 548. The van der Waals surface area contributed by atoms with Gasteiger partial charge in [0, 0.05) is 31.7 Å². The average Bonchev–Trinajstić information content (AvgIpc) is 2.28. The number of halogens is 2. The third-order valence-corrected chi connectivity index (χ3v) is 4.97. The molecule has 0 aromatic heterocycles. The maximum Gasteiger partial charge on any atom is 0.246 e. The summed E-state index contributed by atoms with van der Waals surface area (Å²) in [6, 6.07) is 2.24. The van der Waals surface area contributed by atoms with Gasteiger partial charge in [-0.25, -0.2) is 17.2 Å². The van der Waals surface area contributed by atoms with Crippen LogP contribution in [0.25, 0.3) is 0 Å². The minimum Gasteiger partial charge on any atom is -0.314 e. The highest BCUT2D eigenvalue weighted by Crippen LogP contribution is 2.22. The Balaban J connectivity index is 2.41. The summed E-state index contributed by atoms with van der Waals surface area (Å²) in [7, 11) is -3.91. The van der Waals surface area contributed by atoms with Gasteiger partial charge in [-0.05, 0) is 19.1 Å². The van der Waals surface area contributed by atoms with Crippen molar-refractivity contribution in [2.45, 2.75) is 17.9 Å². The predicted molar refractivity (Wildman–Crippen MR) is 62.6 cm³/mol. The van der Waals surface area contributed by atoms with Crippen LogP contribution in [-0.2, 0) is 10.0 Å². The highest BCUT2D eigenvalue weighted by molar-refractivity contribution is 7.89. The number of rotatable bonds is 2. The first-order chi connectivity index (χ1) is 8.43. The van der Waals surface area contributed by atoms with Gasteiger partial charge in [0.25, 0.3) is 0 Å². The van der Waals surface area contributed by atoms with E-state index in [-0.39, 0.29) is 12.6 Å². The van der Waals surface area contributed by atoms with E-state index < -0.39 is 26.6 Å². The molecule has 1 heterocycles. The lowest BCUT2D eigenvalue weighted by atomic mass is 10.3. The van der Waals surface area contributed by atoms with Crippen LogP contribution in [-0.4, -0.2) is 38.4 Å². The van der Waals surface area contributed by atoms with Crippen LogP contribution < -0.4 is 5.32 Å². The fourth-order valence-electron chi connectivity index (χ4n) is 1.99.